The smallest absolute Gasteiger partial charge is 0.325 e. The van der Waals surface area contributed by atoms with E-state index in [9.17, 15) is 9.59 Å². The zero-order chi connectivity index (χ0) is 13.7. The Morgan fingerprint density at radius 3 is 2.78 bits per heavy atom. The average Bonchev–Trinajstić information content (AvgIpc) is 2.64. The molecule has 0 aromatic carbocycles. The summed E-state index contributed by atoms with van der Waals surface area (Å²) in [5, 5.41) is 21.9. The molecular weight excluding hydrogens is 238 g/mol. The lowest BCUT2D eigenvalue weighted by Crippen LogP contribution is -2.39. The van der Waals surface area contributed by atoms with Crippen molar-refractivity contribution in [3.8, 4) is 0 Å². The Bertz CT molecular complexity index is 468. The standard InChI is InChI=1S/C10H15N5O3/c1-6(2)5-15-8(12-13-14-15)4-9(16)11-7(3)10(17)18/h7H,1,4-5H2,2-3H3,(H,11,16)(H,17,18). The highest BCUT2D eigenvalue weighted by Crippen LogP contribution is 1.99. The molecule has 0 bridgehead atoms. The lowest BCUT2D eigenvalue weighted by molar-refractivity contribution is -0.141. The molecule has 1 unspecified atom stereocenters. The maximum atomic E-state index is 11.6. The van der Waals surface area contributed by atoms with Crippen LogP contribution in [0.5, 0.6) is 0 Å². The summed E-state index contributed by atoms with van der Waals surface area (Å²) in [4.78, 5) is 22.1. The first-order valence-electron chi connectivity index (χ1n) is 5.31. The van der Waals surface area contributed by atoms with Crippen LogP contribution in [0.15, 0.2) is 12.2 Å². The molecule has 0 aliphatic carbocycles. The van der Waals surface area contributed by atoms with Crippen LogP contribution in [0.25, 0.3) is 0 Å². The molecule has 8 nitrogen and oxygen atoms in total. The highest BCUT2D eigenvalue weighted by Gasteiger charge is 2.16. The Balaban J connectivity index is 2.62. The number of rotatable bonds is 6. The highest BCUT2D eigenvalue weighted by molar-refractivity contribution is 5.84. The van der Waals surface area contributed by atoms with Crippen molar-refractivity contribution in [3.05, 3.63) is 18.0 Å². The Labute approximate surface area is 104 Å². The summed E-state index contributed by atoms with van der Waals surface area (Å²) in [7, 11) is 0. The molecule has 2 N–H and O–H groups in total. The van der Waals surface area contributed by atoms with Gasteiger partial charge in [-0.2, -0.15) is 0 Å². The zero-order valence-corrected chi connectivity index (χ0v) is 10.3. The van der Waals surface area contributed by atoms with Crippen LogP contribution < -0.4 is 5.32 Å². The van der Waals surface area contributed by atoms with E-state index in [1.165, 1.54) is 11.6 Å². The molecule has 0 fully saturated rings. The Kier molecular flexibility index (Phi) is 4.52. The summed E-state index contributed by atoms with van der Waals surface area (Å²) in [6.45, 7) is 7.35. The molecule has 1 aromatic heterocycles. The quantitative estimate of drug-likeness (QED) is 0.654. The van der Waals surface area contributed by atoms with Gasteiger partial charge in [-0.15, -0.1) is 5.10 Å². The fourth-order valence-corrected chi connectivity index (χ4v) is 1.23. The number of carbonyl (C=O) groups excluding carboxylic acids is 1. The molecule has 0 spiro atoms. The molecule has 0 aliphatic rings. The molecule has 0 saturated carbocycles. The van der Waals surface area contributed by atoms with E-state index in [0.717, 1.165) is 5.57 Å². The van der Waals surface area contributed by atoms with Crippen LogP contribution in [0.2, 0.25) is 0 Å². The second-order valence-electron chi connectivity index (χ2n) is 4.01. The maximum Gasteiger partial charge on any atom is 0.325 e. The molecule has 1 atom stereocenters. The number of aromatic nitrogens is 4. The summed E-state index contributed by atoms with van der Waals surface area (Å²) in [6.07, 6.45) is -0.0715. The number of hydrogen-bond acceptors (Lipinski definition) is 5. The van der Waals surface area contributed by atoms with Crippen molar-refractivity contribution >= 4 is 11.9 Å². The van der Waals surface area contributed by atoms with Gasteiger partial charge in [0.05, 0.1) is 13.0 Å². The van der Waals surface area contributed by atoms with E-state index in [-0.39, 0.29) is 6.42 Å². The number of nitrogens with zero attached hydrogens (tertiary/aromatic N) is 4. The van der Waals surface area contributed by atoms with Crippen LogP contribution in [-0.4, -0.2) is 43.2 Å². The van der Waals surface area contributed by atoms with Gasteiger partial charge in [-0.05, 0) is 24.3 Å². The predicted octanol–water partition coefficient (Wildman–Crippen LogP) is -0.619. The van der Waals surface area contributed by atoms with E-state index in [1.807, 2.05) is 6.92 Å². The molecule has 1 heterocycles. The van der Waals surface area contributed by atoms with Crippen molar-refractivity contribution in [3.63, 3.8) is 0 Å². The highest BCUT2D eigenvalue weighted by atomic mass is 16.4. The SMILES string of the molecule is C=C(C)Cn1nnnc1CC(=O)NC(C)C(=O)O. The normalized spacial score (nSPS) is 11.9. The summed E-state index contributed by atoms with van der Waals surface area (Å²) in [6, 6.07) is -0.942. The van der Waals surface area contributed by atoms with Gasteiger partial charge in [0, 0.05) is 0 Å². The third-order valence-corrected chi connectivity index (χ3v) is 2.09. The number of carboxylic acid groups (broad SMARTS) is 1. The maximum absolute atomic E-state index is 11.6. The van der Waals surface area contributed by atoms with E-state index >= 15 is 0 Å². The number of carboxylic acids is 1. The molecular formula is C10H15N5O3. The average molecular weight is 253 g/mol. The number of amides is 1. The number of carbonyl (C=O) groups is 2. The second kappa shape index (κ2) is 5.89. The summed E-state index contributed by atoms with van der Waals surface area (Å²) in [5.74, 6) is -1.17. The third kappa shape index (κ3) is 3.96. The first kappa shape index (κ1) is 13.8. The molecule has 98 valence electrons. The van der Waals surface area contributed by atoms with Crippen molar-refractivity contribution in [1.29, 1.82) is 0 Å². The molecule has 1 aromatic rings. The predicted molar refractivity (Wildman–Crippen MR) is 61.6 cm³/mol. The number of nitrogens with one attached hydrogen (secondary N) is 1. The number of aliphatic carboxylic acids is 1. The van der Waals surface area contributed by atoms with Crippen LogP contribution in [0.3, 0.4) is 0 Å². The number of hydrogen-bond donors (Lipinski definition) is 2. The number of allylic oxidation sites excluding steroid dienone is 1. The molecule has 18 heavy (non-hydrogen) atoms. The van der Waals surface area contributed by atoms with Crippen molar-refractivity contribution in [2.45, 2.75) is 32.9 Å². The fourth-order valence-electron chi connectivity index (χ4n) is 1.23. The summed E-state index contributed by atoms with van der Waals surface area (Å²) >= 11 is 0. The lowest BCUT2D eigenvalue weighted by Gasteiger charge is -2.09. The first-order chi connectivity index (χ1) is 8.40. The van der Waals surface area contributed by atoms with Crippen molar-refractivity contribution in [2.24, 2.45) is 0 Å². The van der Waals surface area contributed by atoms with Crippen LogP contribution in [0.1, 0.15) is 19.7 Å². The summed E-state index contributed by atoms with van der Waals surface area (Å²) < 4.78 is 1.45. The van der Waals surface area contributed by atoms with E-state index in [1.54, 1.807) is 0 Å². The Hall–Kier alpha value is -2.25. The van der Waals surface area contributed by atoms with E-state index < -0.39 is 17.9 Å². The molecule has 0 aliphatic heterocycles. The molecule has 1 amide bonds. The second-order valence-corrected chi connectivity index (χ2v) is 4.01. The van der Waals surface area contributed by atoms with Crippen LogP contribution in [0, 0.1) is 0 Å². The lowest BCUT2D eigenvalue weighted by atomic mass is 10.3. The minimum absolute atomic E-state index is 0.0715. The van der Waals surface area contributed by atoms with Crippen molar-refractivity contribution in [2.75, 3.05) is 0 Å². The Morgan fingerprint density at radius 2 is 2.22 bits per heavy atom. The van der Waals surface area contributed by atoms with Gasteiger partial charge in [0.15, 0.2) is 5.82 Å². The van der Waals surface area contributed by atoms with Gasteiger partial charge in [0.2, 0.25) is 5.91 Å². The molecule has 0 saturated heterocycles. The van der Waals surface area contributed by atoms with Crippen LogP contribution in [0.4, 0.5) is 0 Å². The van der Waals surface area contributed by atoms with Gasteiger partial charge in [-0.25, -0.2) is 4.68 Å². The summed E-state index contributed by atoms with van der Waals surface area (Å²) in [5.41, 5.74) is 0.850. The third-order valence-electron chi connectivity index (χ3n) is 2.09. The van der Waals surface area contributed by atoms with Gasteiger partial charge in [-0.3, -0.25) is 9.59 Å². The van der Waals surface area contributed by atoms with Gasteiger partial charge < -0.3 is 10.4 Å². The zero-order valence-electron chi connectivity index (χ0n) is 10.3. The van der Waals surface area contributed by atoms with Gasteiger partial charge in [-0.1, -0.05) is 12.2 Å². The molecule has 1 rings (SSSR count). The minimum atomic E-state index is -1.09. The van der Waals surface area contributed by atoms with Gasteiger partial charge in [0.1, 0.15) is 6.04 Å². The number of tetrazole rings is 1. The van der Waals surface area contributed by atoms with Crippen molar-refractivity contribution < 1.29 is 14.7 Å². The first-order valence-corrected chi connectivity index (χ1v) is 5.31. The Morgan fingerprint density at radius 1 is 1.56 bits per heavy atom. The van der Waals surface area contributed by atoms with E-state index in [2.05, 4.69) is 27.4 Å². The fraction of sp³-hybridized carbons (Fsp3) is 0.500. The topological polar surface area (TPSA) is 110 Å². The monoisotopic (exact) mass is 253 g/mol. The van der Waals surface area contributed by atoms with Gasteiger partial charge in [0.25, 0.3) is 0 Å². The minimum Gasteiger partial charge on any atom is -0.480 e. The largest absolute Gasteiger partial charge is 0.480 e. The van der Waals surface area contributed by atoms with E-state index in [4.69, 9.17) is 5.11 Å². The van der Waals surface area contributed by atoms with E-state index in [0.29, 0.717) is 12.4 Å². The molecule has 0 radical (unpaired) electrons. The van der Waals surface area contributed by atoms with Crippen molar-refractivity contribution in [1.82, 2.24) is 25.5 Å². The van der Waals surface area contributed by atoms with Gasteiger partial charge >= 0.3 is 5.97 Å². The van der Waals surface area contributed by atoms with Crippen LogP contribution >= 0.6 is 0 Å². The molecule has 8 heteroatoms. The van der Waals surface area contributed by atoms with Crippen LogP contribution in [-0.2, 0) is 22.6 Å².